The summed E-state index contributed by atoms with van der Waals surface area (Å²) in [6.07, 6.45) is 1.26. The molecule has 0 aliphatic heterocycles. The minimum absolute atomic E-state index is 0.353. The predicted molar refractivity (Wildman–Crippen MR) is 66.4 cm³/mol. The molecule has 0 saturated carbocycles. The van der Waals surface area contributed by atoms with E-state index in [1.165, 1.54) is 12.0 Å². The lowest BCUT2D eigenvalue weighted by Gasteiger charge is -2.35. The van der Waals surface area contributed by atoms with Crippen molar-refractivity contribution in [2.45, 2.75) is 54.9 Å². The van der Waals surface area contributed by atoms with Crippen LogP contribution in [0.3, 0.4) is 0 Å². The zero-order chi connectivity index (χ0) is 11.5. The van der Waals surface area contributed by atoms with Gasteiger partial charge in [0.25, 0.3) is 0 Å². The van der Waals surface area contributed by atoms with E-state index in [1.54, 1.807) is 0 Å². The van der Waals surface area contributed by atoms with Crippen LogP contribution in [0, 0.1) is 23.2 Å². The SMILES string of the molecule is C=C(C(C)C)C(CC(C)C)C(C)(C)C. The second-order valence-electron chi connectivity index (χ2n) is 6.28. The quantitative estimate of drug-likeness (QED) is 0.561. The highest BCUT2D eigenvalue weighted by Crippen LogP contribution is 2.38. The molecule has 0 saturated heterocycles. The van der Waals surface area contributed by atoms with Crippen LogP contribution in [0.1, 0.15) is 54.9 Å². The lowest BCUT2D eigenvalue weighted by molar-refractivity contribution is 0.229. The summed E-state index contributed by atoms with van der Waals surface area (Å²) in [5, 5.41) is 0. The van der Waals surface area contributed by atoms with Gasteiger partial charge in [-0.25, -0.2) is 0 Å². The Morgan fingerprint density at radius 2 is 1.50 bits per heavy atom. The highest BCUT2D eigenvalue weighted by molar-refractivity contribution is 5.07. The van der Waals surface area contributed by atoms with Crippen LogP contribution >= 0.6 is 0 Å². The van der Waals surface area contributed by atoms with Gasteiger partial charge < -0.3 is 0 Å². The minimum atomic E-state index is 0.353. The van der Waals surface area contributed by atoms with Crippen LogP contribution in [0.2, 0.25) is 0 Å². The first kappa shape index (κ1) is 13.7. The van der Waals surface area contributed by atoms with E-state index in [9.17, 15) is 0 Å². The first-order valence-electron chi connectivity index (χ1n) is 5.85. The lowest BCUT2D eigenvalue weighted by atomic mass is 9.70. The average molecular weight is 196 g/mol. The number of hydrogen-bond acceptors (Lipinski definition) is 0. The van der Waals surface area contributed by atoms with Crippen LogP contribution in [0.15, 0.2) is 12.2 Å². The van der Waals surface area contributed by atoms with Crippen LogP contribution < -0.4 is 0 Å². The highest BCUT2D eigenvalue weighted by atomic mass is 14.3. The molecule has 0 rings (SSSR count). The van der Waals surface area contributed by atoms with Gasteiger partial charge in [0.15, 0.2) is 0 Å². The van der Waals surface area contributed by atoms with Crippen molar-refractivity contribution < 1.29 is 0 Å². The van der Waals surface area contributed by atoms with Gasteiger partial charge in [0.2, 0.25) is 0 Å². The molecule has 0 bridgehead atoms. The Labute approximate surface area is 90.8 Å². The van der Waals surface area contributed by atoms with Crippen molar-refractivity contribution in [2.75, 3.05) is 0 Å². The molecular formula is C14H28. The van der Waals surface area contributed by atoms with Gasteiger partial charge in [0.1, 0.15) is 0 Å². The molecule has 14 heavy (non-hydrogen) atoms. The van der Waals surface area contributed by atoms with Crippen LogP contribution in [0.5, 0.6) is 0 Å². The Morgan fingerprint density at radius 3 is 1.71 bits per heavy atom. The van der Waals surface area contributed by atoms with Crippen LogP contribution in [0.25, 0.3) is 0 Å². The zero-order valence-electron chi connectivity index (χ0n) is 11.1. The van der Waals surface area contributed by atoms with Crippen molar-refractivity contribution >= 4 is 0 Å². The summed E-state index contributed by atoms with van der Waals surface area (Å²) >= 11 is 0. The zero-order valence-corrected chi connectivity index (χ0v) is 11.1. The smallest absolute Gasteiger partial charge is 0.0152 e. The third-order valence-corrected chi connectivity index (χ3v) is 2.94. The third-order valence-electron chi connectivity index (χ3n) is 2.94. The molecule has 0 radical (unpaired) electrons. The van der Waals surface area contributed by atoms with Gasteiger partial charge in [-0.3, -0.25) is 0 Å². The molecule has 0 nitrogen and oxygen atoms in total. The summed E-state index contributed by atoms with van der Waals surface area (Å²) < 4.78 is 0. The van der Waals surface area contributed by atoms with Crippen molar-refractivity contribution in [1.82, 2.24) is 0 Å². The maximum Gasteiger partial charge on any atom is -0.0152 e. The summed E-state index contributed by atoms with van der Waals surface area (Å²) in [6, 6.07) is 0. The van der Waals surface area contributed by atoms with Crippen LogP contribution in [0.4, 0.5) is 0 Å². The Bertz CT molecular complexity index is 179. The second kappa shape index (κ2) is 5.00. The Morgan fingerprint density at radius 1 is 1.07 bits per heavy atom. The largest absolute Gasteiger partial charge is 0.0993 e. The third kappa shape index (κ3) is 4.30. The normalized spacial score (nSPS) is 14.9. The molecule has 0 N–H and O–H groups in total. The van der Waals surface area contributed by atoms with Crippen molar-refractivity contribution in [3.8, 4) is 0 Å². The van der Waals surface area contributed by atoms with E-state index in [-0.39, 0.29) is 0 Å². The van der Waals surface area contributed by atoms with E-state index in [2.05, 4.69) is 55.0 Å². The van der Waals surface area contributed by atoms with Crippen molar-refractivity contribution in [2.24, 2.45) is 23.2 Å². The van der Waals surface area contributed by atoms with E-state index in [1.807, 2.05) is 0 Å². The average Bonchev–Trinajstić information content (AvgIpc) is 1.96. The summed E-state index contributed by atoms with van der Waals surface area (Å²) in [6.45, 7) is 20.4. The fourth-order valence-corrected chi connectivity index (χ4v) is 1.93. The Balaban J connectivity index is 4.65. The monoisotopic (exact) mass is 196 g/mol. The number of hydrogen-bond donors (Lipinski definition) is 0. The molecule has 0 aromatic carbocycles. The molecule has 1 unspecified atom stereocenters. The fraction of sp³-hybridized carbons (Fsp3) is 0.857. The van der Waals surface area contributed by atoms with E-state index >= 15 is 0 Å². The number of allylic oxidation sites excluding steroid dienone is 1. The first-order chi connectivity index (χ1) is 6.16. The van der Waals surface area contributed by atoms with Crippen molar-refractivity contribution in [3.05, 3.63) is 12.2 Å². The predicted octanol–water partition coefficient (Wildman–Crippen LogP) is 4.91. The molecule has 0 heteroatoms. The Hall–Kier alpha value is -0.260. The van der Waals surface area contributed by atoms with Crippen molar-refractivity contribution in [3.63, 3.8) is 0 Å². The standard InChI is InChI=1S/C14H28/c1-10(2)9-13(14(6,7)8)12(5)11(3)4/h10-11,13H,5,9H2,1-4,6-8H3. The maximum atomic E-state index is 4.27. The topological polar surface area (TPSA) is 0 Å². The molecule has 0 aliphatic rings. The number of rotatable bonds is 4. The molecule has 0 aromatic rings. The highest BCUT2D eigenvalue weighted by Gasteiger charge is 2.28. The van der Waals surface area contributed by atoms with E-state index in [0.717, 1.165) is 5.92 Å². The van der Waals surface area contributed by atoms with E-state index in [0.29, 0.717) is 17.3 Å². The van der Waals surface area contributed by atoms with Crippen LogP contribution in [-0.4, -0.2) is 0 Å². The molecule has 0 aliphatic carbocycles. The summed E-state index contributed by atoms with van der Waals surface area (Å²) in [4.78, 5) is 0. The molecular weight excluding hydrogens is 168 g/mol. The summed E-state index contributed by atoms with van der Waals surface area (Å²) in [5.74, 6) is 2.02. The maximum absolute atomic E-state index is 4.27. The van der Waals surface area contributed by atoms with Gasteiger partial charge in [-0.2, -0.15) is 0 Å². The molecule has 0 aromatic heterocycles. The first-order valence-corrected chi connectivity index (χ1v) is 5.85. The Kier molecular flexibility index (Phi) is 4.91. The summed E-state index contributed by atoms with van der Waals surface area (Å²) in [7, 11) is 0. The fourth-order valence-electron chi connectivity index (χ4n) is 1.93. The molecule has 0 heterocycles. The molecule has 0 amide bonds. The van der Waals surface area contributed by atoms with Gasteiger partial charge in [0.05, 0.1) is 0 Å². The van der Waals surface area contributed by atoms with E-state index in [4.69, 9.17) is 0 Å². The molecule has 0 fully saturated rings. The van der Waals surface area contributed by atoms with Gasteiger partial charge in [-0.1, -0.05) is 60.6 Å². The van der Waals surface area contributed by atoms with E-state index < -0.39 is 0 Å². The van der Waals surface area contributed by atoms with Gasteiger partial charge in [-0.05, 0) is 29.6 Å². The van der Waals surface area contributed by atoms with Gasteiger partial charge >= 0.3 is 0 Å². The minimum Gasteiger partial charge on any atom is -0.0993 e. The lowest BCUT2D eigenvalue weighted by Crippen LogP contribution is -2.25. The van der Waals surface area contributed by atoms with Crippen molar-refractivity contribution in [1.29, 1.82) is 0 Å². The molecule has 84 valence electrons. The molecule has 1 atom stereocenters. The second-order valence-corrected chi connectivity index (χ2v) is 6.28. The summed E-state index contributed by atoms with van der Waals surface area (Å²) in [5.41, 5.74) is 1.78. The van der Waals surface area contributed by atoms with Gasteiger partial charge in [0, 0.05) is 0 Å². The molecule has 0 spiro atoms. The van der Waals surface area contributed by atoms with Crippen LogP contribution in [-0.2, 0) is 0 Å². The van der Waals surface area contributed by atoms with Gasteiger partial charge in [-0.15, -0.1) is 0 Å².